The summed E-state index contributed by atoms with van der Waals surface area (Å²) < 4.78 is 36.1. The Morgan fingerprint density at radius 3 is 2.59 bits per heavy atom. The molecule has 0 amide bonds. The van der Waals surface area contributed by atoms with Gasteiger partial charge in [0.25, 0.3) is 0 Å². The molecule has 5 heteroatoms. The Balaban J connectivity index is 2.54. The van der Waals surface area contributed by atoms with Crippen molar-refractivity contribution in [3.8, 4) is 0 Å². The van der Waals surface area contributed by atoms with Crippen LogP contribution in [0.1, 0.15) is 23.5 Å². The lowest BCUT2D eigenvalue weighted by molar-refractivity contribution is -0.0328. The monoisotopic (exact) mass is 326 g/mol. The van der Waals surface area contributed by atoms with Crippen LogP contribution < -0.4 is 0 Å². The quantitative estimate of drug-likeness (QED) is 0.677. The van der Waals surface area contributed by atoms with Crippen LogP contribution in [0, 0.1) is 6.92 Å². The van der Waals surface area contributed by atoms with Gasteiger partial charge >= 0.3 is 5.51 Å². The van der Waals surface area contributed by atoms with Gasteiger partial charge in [0.1, 0.15) is 0 Å². The van der Waals surface area contributed by atoms with Crippen molar-refractivity contribution in [1.29, 1.82) is 0 Å². The van der Waals surface area contributed by atoms with Crippen molar-refractivity contribution in [1.82, 2.24) is 0 Å². The van der Waals surface area contributed by atoms with Gasteiger partial charge in [-0.15, -0.1) is 0 Å². The van der Waals surface area contributed by atoms with Crippen LogP contribution in [0.25, 0.3) is 0 Å². The predicted octanol–water partition coefficient (Wildman–Crippen LogP) is 5.12. The van der Waals surface area contributed by atoms with E-state index in [4.69, 9.17) is 0 Å². The van der Waals surface area contributed by atoms with Gasteiger partial charge in [-0.25, -0.2) is 0 Å². The Labute approximate surface area is 112 Å². The van der Waals surface area contributed by atoms with Gasteiger partial charge in [-0.2, -0.15) is 13.2 Å². The standard InChI is InChI=1S/C12H14BrF3S/c1-9-3-2-4-10(7-9)11(8-13)5-6-17-12(14,15)16/h2-4,7,11H,5-6,8H2,1H3. The van der Waals surface area contributed by atoms with Gasteiger partial charge in [0, 0.05) is 11.1 Å². The molecule has 0 saturated carbocycles. The molecule has 0 N–H and O–H groups in total. The minimum absolute atomic E-state index is 0.0553. The molecule has 0 aromatic heterocycles. The molecule has 0 fully saturated rings. The second kappa shape index (κ2) is 6.69. The summed E-state index contributed by atoms with van der Waals surface area (Å²) in [6.45, 7) is 1.99. The van der Waals surface area contributed by atoms with E-state index in [1.165, 1.54) is 0 Å². The summed E-state index contributed by atoms with van der Waals surface area (Å²) in [6, 6.07) is 7.93. The largest absolute Gasteiger partial charge is 0.441 e. The van der Waals surface area contributed by atoms with E-state index < -0.39 is 5.51 Å². The van der Waals surface area contributed by atoms with Crippen molar-refractivity contribution in [2.75, 3.05) is 11.1 Å². The van der Waals surface area contributed by atoms with Crippen LogP contribution >= 0.6 is 27.7 Å². The third kappa shape index (κ3) is 5.82. The maximum Gasteiger partial charge on any atom is 0.441 e. The van der Waals surface area contributed by atoms with Gasteiger partial charge in [-0.05, 0) is 24.8 Å². The van der Waals surface area contributed by atoms with E-state index in [-0.39, 0.29) is 23.4 Å². The highest BCUT2D eigenvalue weighted by molar-refractivity contribution is 9.09. The van der Waals surface area contributed by atoms with Crippen molar-refractivity contribution in [3.63, 3.8) is 0 Å². The number of aryl methyl sites for hydroxylation is 1. The van der Waals surface area contributed by atoms with E-state index in [1.807, 2.05) is 31.2 Å². The summed E-state index contributed by atoms with van der Waals surface area (Å²) in [5.74, 6) is 0.248. The van der Waals surface area contributed by atoms with Crippen LogP contribution in [-0.4, -0.2) is 16.6 Å². The van der Waals surface area contributed by atoms with Gasteiger partial charge in [0.2, 0.25) is 0 Å². The molecule has 0 radical (unpaired) electrons. The van der Waals surface area contributed by atoms with Crippen LogP contribution in [0.5, 0.6) is 0 Å². The Bertz CT molecular complexity index is 352. The molecule has 0 aliphatic carbocycles. The molecular weight excluding hydrogens is 313 g/mol. The first kappa shape index (κ1) is 14.9. The smallest absolute Gasteiger partial charge is 0.160 e. The second-order valence-corrected chi connectivity index (χ2v) is 5.66. The average molecular weight is 327 g/mol. The van der Waals surface area contributed by atoms with Crippen molar-refractivity contribution in [3.05, 3.63) is 35.4 Å². The van der Waals surface area contributed by atoms with Crippen LogP contribution in [0.2, 0.25) is 0 Å². The number of rotatable bonds is 5. The maximum absolute atomic E-state index is 12.0. The summed E-state index contributed by atoms with van der Waals surface area (Å²) in [4.78, 5) is 0. The molecule has 1 aromatic rings. The number of halogens is 4. The summed E-state index contributed by atoms with van der Waals surface area (Å²) in [6.07, 6.45) is 0.527. The Morgan fingerprint density at radius 2 is 2.06 bits per heavy atom. The van der Waals surface area contributed by atoms with Crippen molar-refractivity contribution in [2.45, 2.75) is 24.8 Å². The van der Waals surface area contributed by atoms with E-state index >= 15 is 0 Å². The minimum atomic E-state index is -4.12. The first-order valence-corrected chi connectivity index (χ1v) is 7.36. The first-order chi connectivity index (χ1) is 7.92. The lowest BCUT2D eigenvalue weighted by Gasteiger charge is -2.15. The summed E-state index contributed by atoms with van der Waals surface area (Å²) >= 11 is 3.42. The maximum atomic E-state index is 12.0. The highest BCUT2D eigenvalue weighted by Gasteiger charge is 2.28. The van der Waals surface area contributed by atoms with Crippen LogP contribution in [0.4, 0.5) is 13.2 Å². The molecule has 0 aliphatic heterocycles. The van der Waals surface area contributed by atoms with Crippen molar-refractivity contribution < 1.29 is 13.2 Å². The van der Waals surface area contributed by atoms with Gasteiger partial charge in [-0.1, -0.05) is 57.5 Å². The molecule has 1 rings (SSSR count). The fraction of sp³-hybridized carbons (Fsp3) is 0.500. The van der Waals surface area contributed by atoms with E-state index in [9.17, 15) is 13.2 Å². The highest BCUT2D eigenvalue weighted by Crippen LogP contribution is 2.33. The number of thioether (sulfide) groups is 1. The van der Waals surface area contributed by atoms with Crippen LogP contribution in [0.15, 0.2) is 24.3 Å². The van der Waals surface area contributed by atoms with Crippen LogP contribution in [-0.2, 0) is 0 Å². The van der Waals surface area contributed by atoms with Crippen LogP contribution in [0.3, 0.4) is 0 Å². The summed E-state index contributed by atoms with van der Waals surface area (Å²) in [5, 5.41) is 0.689. The summed E-state index contributed by atoms with van der Waals surface area (Å²) in [5.41, 5.74) is -1.88. The molecule has 1 unspecified atom stereocenters. The molecule has 96 valence electrons. The predicted molar refractivity (Wildman–Crippen MR) is 70.8 cm³/mol. The third-order valence-corrected chi connectivity index (χ3v) is 3.98. The van der Waals surface area contributed by atoms with Gasteiger partial charge in [0.05, 0.1) is 0 Å². The van der Waals surface area contributed by atoms with Crippen molar-refractivity contribution >= 4 is 27.7 Å². The third-order valence-electron chi connectivity index (χ3n) is 2.43. The molecule has 0 nitrogen and oxygen atoms in total. The van der Waals surface area contributed by atoms with Crippen molar-refractivity contribution in [2.24, 2.45) is 0 Å². The molecule has 0 bridgehead atoms. The highest BCUT2D eigenvalue weighted by atomic mass is 79.9. The zero-order chi connectivity index (χ0) is 12.9. The van der Waals surface area contributed by atoms with Gasteiger partial charge in [0.15, 0.2) is 0 Å². The normalized spacial score (nSPS) is 13.7. The number of hydrogen-bond donors (Lipinski definition) is 0. The fourth-order valence-electron chi connectivity index (χ4n) is 1.57. The number of alkyl halides is 4. The van der Waals surface area contributed by atoms with E-state index in [0.29, 0.717) is 11.8 Å². The molecular formula is C12H14BrF3S. The molecule has 1 atom stereocenters. The SMILES string of the molecule is Cc1cccc(C(CBr)CCSC(F)(F)F)c1. The van der Waals surface area contributed by atoms with E-state index in [0.717, 1.165) is 11.1 Å². The zero-order valence-electron chi connectivity index (χ0n) is 9.43. The molecule has 0 aliphatic rings. The van der Waals surface area contributed by atoms with E-state index in [1.54, 1.807) is 0 Å². The Morgan fingerprint density at radius 1 is 1.35 bits per heavy atom. The lowest BCUT2D eigenvalue weighted by Crippen LogP contribution is -2.06. The molecule has 0 heterocycles. The Kier molecular flexibility index (Phi) is 5.86. The Hall–Kier alpha value is -0.160. The molecule has 0 saturated heterocycles. The number of benzene rings is 1. The number of hydrogen-bond acceptors (Lipinski definition) is 1. The van der Waals surface area contributed by atoms with E-state index in [2.05, 4.69) is 15.9 Å². The van der Waals surface area contributed by atoms with Gasteiger partial charge in [-0.3, -0.25) is 0 Å². The topological polar surface area (TPSA) is 0 Å². The zero-order valence-corrected chi connectivity index (χ0v) is 11.8. The molecule has 17 heavy (non-hydrogen) atoms. The second-order valence-electron chi connectivity index (χ2n) is 3.85. The minimum Gasteiger partial charge on any atom is -0.160 e. The van der Waals surface area contributed by atoms with Gasteiger partial charge < -0.3 is 0 Å². The molecule has 0 spiro atoms. The first-order valence-electron chi connectivity index (χ1n) is 5.25. The fourth-order valence-corrected chi connectivity index (χ4v) is 2.91. The molecule has 1 aromatic carbocycles. The summed E-state index contributed by atoms with van der Waals surface area (Å²) in [7, 11) is 0. The lowest BCUT2D eigenvalue weighted by atomic mass is 9.97. The average Bonchev–Trinajstić information content (AvgIpc) is 2.23.